The van der Waals surface area contributed by atoms with Gasteiger partial charge in [0.05, 0.1) is 17.1 Å². The van der Waals surface area contributed by atoms with Crippen LogP contribution in [0.1, 0.15) is 39.5 Å². The zero-order valence-corrected chi connectivity index (χ0v) is 22.8. The lowest BCUT2D eigenvalue weighted by atomic mass is 9.77. The Morgan fingerprint density at radius 2 is 1.69 bits per heavy atom. The molecular formula is C29H28Cl3NO3. The van der Waals surface area contributed by atoms with Gasteiger partial charge in [0.15, 0.2) is 0 Å². The highest BCUT2D eigenvalue weighted by atomic mass is 35.5. The topological polar surface area (TPSA) is 48.4 Å². The summed E-state index contributed by atoms with van der Waals surface area (Å²) in [6, 6.07) is 16.2. The maximum Gasteiger partial charge on any atom is 0.311 e. The fourth-order valence-corrected chi connectivity index (χ4v) is 4.53. The van der Waals surface area contributed by atoms with Crippen LogP contribution in [0.2, 0.25) is 5.02 Å². The first-order valence-corrected chi connectivity index (χ1v) is 12.8. The summed E-state index contributed by atoms with van der Waals surface area (Å²) in [4.78, 5) is 18.1. The van der Waals surface area contributed by atoms with Gasteiger partial charge in [-0.1, -0.05) is 80.6 Å². The molecule has 0 radical (unpaired) electrons. The fourth-order valence-electron chi connectivity index (χ4n) is 4.12. The van der Waals surface area contributed by atoms with Gasteiger partial charge in [-0.2, -0.15) is 0 Å². The van der Waals surface area contributed by atoms with Crippen molar-refractivity contribution in [3.8, 4) is 23.8 Å². The first-order chi connectivity index (χ1) is 17.1. The van der Waals surface area contributed by atoms with Crippen molar-refractivity contribution < 1.29 is 14.3 Å². The molecule has 0 N–H and O–H groups in total. The van der Waals surface area contributed by atoms with E-state index in [4.69, 9.17) is 50.7 Å². The van der Waals surface area contributed by atoms with Crippen LogP contribution in [0, 0.1) is 36.0 Å². The molecule has 1 heterocycles. The SMILES string of the molecule is C#CC(OC(=O)C(C(C)C)C(C=C(Cl)Cl)C(C)C)c1cc(Oc2ccc(Cl)cc2)c2ccccc2n1. The summed E-state index contributed by atoms with van der Waals surface area (Å²) < 4.78 is 12.1. The van der Waals surface area contributed by atoms with Crippen LogP contribution in [-0.4, -0.2) is 11.0 Å². The zero-order chi connectivity index (χ0) is 26.4. The number of pyridine rings is 1. The van der Waals surface area contributed by atoms with Gasteiger partial charge in [-0.25, -0.2) is 4.98 Å². The van der Waals surface area contributed by atoms with E-state index >= 15 is 0 Å². The maximum atomic E-state index is 13.4. The summed E-state index contributed by atoms with van der Waals surface area (Å²) in [5.41, 5.74) is 1.05. The molecule has 3 aromatic rings. The predicted octanol–water partition coefficient (Wildman–Crippen LogP) is 8.76. The summed E-state index contributed by atoms with van der Waals surface area (Å²) in [7, 11) is 0. The average molecular weight is 545 g/mol. The van der Waals surface area contributed by atoms with E-state index in [1.807, 2.05) is 52.0 Å². The highest BCUT2D eigenvalue weighted by molar-refractivity contribution is 6.55. The minimum absolute atomic E-state index is 0.0411. The van der Waals surface area contributed by atoms with Crippen molar-refractivity contribution in [3.05, 3.63) is 75.9 Å². The smallest absolute Gasteiger partial charge is 0.311 e. The van der Waals surface area contributed by atoms with Crippen molar-refractivity contribution in [2.24, 2.45) is 23.7 Å². The number of para-hydroxylation sites is 1. The first kappa shape index (κ1) is 27.9. The maximum absolute atomic E-state index is 13.4. The van der Waals surface area contributed by atoms with Gasteiger partial charge in [-0.15, -0.1) is 6.42 Å². The lowest BCUT2D eigenvalue weighted by Gasteiger charge is -2.30. The molecule has 0 amide bonds. The van der Waals surface area contributed by atoms with Gasteiger partial charge in [0.1, 0.15) is 16.0 Å². The molecule has 36 heavy (non-hydrogen) atoms. The molecule has 188 valence electrons. The molecule has 4 nitrogen and oxygen atoms in total. The lowest BCUT2D eigenvalue weighted by molar-refractivity contribution is -0.155. The Morgan fingerprint density at radius 1 is 1.03 bits per heavy atom. The molecule has 0 aliphatic rings. The van der Waals surface area contributed by atoms with Crippen molar-refractivity contribution in [1.82, 2.24) is 4.98 Å². The zero-order valence-electron chi connectivity index (χ0n) is 20.5. The fraction of sp³-hybridized carbons (Fsp3) is 0.310. The number of terminal acetylenes is 1. The lowest BCUT2D eigenvalue weighted by Crippen LogP contribution is -2.33. The number of rotatable bonds is 9. The molecule has 2 aromatic carbocycles. The van der Waals surface area contributed by atoms with Crippen LogP contribution in [-0.2, 0) is 9.53 Å². The largest absolute Gasteiger partial charge is 0.457 e. The van der Waals surface area contributed by atoms with E-state index in [-0.39, 0.29) is 22.2 Å². The molecule has 3 unspecified atom stereocenters. The van der Waals surface area contributed by atoms with Gasteiger partial charge in [0.25, 0.3) is 0 Å². The molecule has 0 bridgehead atoms. The number of hydrogen-bond acceptors (Lipinski definition) is 4. The van der Waals surface area contributed by atoms with Crippen molar-refractivity contribution in [2.75, 3.05) is 0 Å². The second-order valence-corrected chi connectivity index (χ2v) is 10.6. The van der Waals surface area contributed by atoms with E-state index < -0.39 is 18.0 Å². The number of halogens is 3. The summed E-state index contributed by atoms with van der Waals surface area (Å²) in [6.07, 6.45) is 6.51. The van der Waals surface area contributed by atoms with Crippen LogP contribution in [0.25, 0.3) is 10.9 Å². The first-order valence-electron chi connectivity index (χ1n) is 11.6. The van der Waals surface area contributed by atoms with Crippen molar-refractivity contribution in [2.45, 2.75) is 33.8 Å². The number of aromatic nitrogens is 1. The minimum atomic E-state index is -1.01. The molecule has 0 fully saturated rings. The van der Waals surface area contributed by atoms with Crippen LogP contribution in [0.5, 0.6) is 11.5 Å². The van der Waals surface area contributed by atoms with Gasteiger partial charge in [0.2, 0.25) is 6.10 Å². The highest BCUT2D eigenvalue weighted by Gasteiger charge is 2.35. The van der Waals surface area contributed by atoms with E-state index in [2.05, 4.69) is 10.9 Å². The third-order valence-electron chi connectivity index (χ3n) is 5.89. The molecule has 3 atom stereocenters. The van der Waals surface area contributed by atoms with Gasteiger partial charge < -0.3 is 9.47 Å². The Kier molecular flexibility index (Phi) is 9.68. The average Bonchev–Trinajstić information content (AvgIpc) is 2.82. The van der Waals surface area contributed by atoms with Crippen molar-refractivity contribution in [1.29, 1.82) is 0 Å². The molecule has 0 aliphatic carbocycles. The van der Waals surface area contributed by atoms with E-state index in [1.165, 1.54) is 0 Å². The van der Waals surface area contributed by atoms with Gasteiger partial charge in [-0.05, 0) is 60.2 Å². The normalized spacial score (nSPS) is 13.7. The van der Waals surface area contributed by atoms with Gasteiger partial charge >= 0.3 is 5.97 Å². The molecule has 0 saturated heterocycles. The number of fused-ring (bicyclic) bond motifs is 1. The summed E-state index contributed by atoms with van der Waals surface area (Å²) >= 11 is 17.9. The van der Waals surface area contributed by atoms with Gasteiger partial charge in [0, 0.05) is 16.5 Å². The summed E-state index contributed by atoms with van der Waals surface area (Å²) in [6.45, 7) is 7.91. The molecule has 3 rings (SSSR count). The molecule has 7 heteroatoms. The standard InChI is InChI=1S/C29H28Cl3NO3/c1-6-25(36-29(34)28(18(4)5)22(17(2)3)15-27(31)32)24-16-26(21-9-7-8-10-23(21)33-24)35-20-13-11-19(30)12-14-20/h1,7-18,22,25,28H,2-5H3. The van der Waals surface area contributed by atoms with Crippen LogP contribution >= 0.6 is 34.8 Å². The quantitative estimate of drug-likeness (QED) is 0.199. The molecule has 1 aromatic heterocycles. The van der Waals surface area contributed by atoms with E-state index in [1.54, 1.807) is 36.4 Å². The Labute approximate surface area is 227 Å². The van der Waals surface area contributed by atoms with E-state index in [9.17, 15) is 4.79 Å². The summed E-state index contributed by atoms with van der Waals surface area (Å²) in [5.74, 6) is 2.59. The number of ether oxygens (including phenoxy) is 2. The van der Waals surface area contributed by atoms with E-state index in [0.717, 1.165) is 5.39 Å². The second kappa shape index (κ2) is 12.5. The number of allylic oxidation sites excluding steroid dienone is 1. The minimum Gasteiger partial charge on any atom is -0.457 e. The third kappa shape index (κ3) is 6.95. The van der Waals surface area contributed by atoms with Crippen LogP contribution in [0.15, 0.2) is 65.2 Å². The second-order valence-electron chi connectivity index (χ2n) is 9.15. The number of benzene rings is 2. The Bertz CT molecular complexity index is 1280. The van der Waals surface area contributed by atoms with Crippen molar-refractivity contribution >= 4 is 51.7 Å². The third-order valence-corrected chi connectivity index (χ3v) is 6.39. The molecule has 0 spiro atoms. The number of nitrogens with zero attached hydrogens (tertiary/aromatic N) is 1. The number of esters is 1. The molecular weight excluding hydrogens is 517 g/mol. The van der Waals surface area contributed by atoms with Crippen LogP contribution in [0.4, 0.5) is 0 Å². The monoisotopic (exact) mass is 543 g/mol. The molecule has 0 saturated carbocycles. The Balaban J connectivity index is 1.98. The Morgan fingerprint density at radius 3 is 2.28 bits per heavy atom. The number of carbonyl (C=O) groups is 1. The van der Waals surface area contributed by atoms with Gasteiger partial charge in [-0.3, -0.25) is 4.79 Å². The number of hydrogen-bond donors (Lipinski definition) is 0. The van der Waals surface area contributed by atoms with Crippen molar-refractivity contribution in [3.63, 3.8) is 0 Å². The summed E-state index contributed by atoms with van der Waals surface area (Å²) in [5, 5.41) is 1.40. The predicted molar refractivity (Wildman–Crippen MR) is 147 cm³/mol. The molecule has 0 aliphatic heterocycles. The van der Waals surface area contributed by atoms with Crippen LogP contribution < -0.4 is 4.74 Å². The van der Waals surface area contributed by atoms with E-state index in [0.29, 0.717) is 27.7 Å². The number of carbonyl (C=O) groups excluding carboxylic acids is 1. The highest BCUT2D eigenvalue weighted by Crippen LogP contribution is 2.36. The van der Waals surface area contributed by atoms with Crippen LogP contribution in [0.3, 0.4) is 0 Å². The Hall–Kier alpha value is -2.71.